The van der Waals surface area contributed by atoms with Crippen LogP contribution in [-0.4, -0.2) is 12.2 Å². The maximum Gasteiger partial charge on any atom is 0.130 e. The maximum atomic E-state index is 13.8. The number of halogens is 3. The quantitative estimate of drug-likeness (QED) is 0.919. The third-order valence-electron chi connectivity index (χ3n) is 2.78. The van der Waals surface area contributed by atoms with E-state index in [1.54, 1.807) is 18.2 Å². The van der Waals surface area contributed by atoms with Crippen LogP contribution in [0.3, 0.4) is 0 Å². The van der Waals surface area contributed by atoms with Gasteiger partial charge in [-0.1, -0.05) is 35.3 Å². The van der Waals surface area contributed by atoms with Gasteiger partial charge in [0.05, 0.1) is 12.1 Å². The number of hydrogen-bond acceptors (Lipinski definition) is 2. The molecule has 1 N–H and O–H groups in total. The standard InChI is InChI=1S/C14H11Cl2FO2/c1-19-8-5-6-9(11(16)7-8)14(18)13-10(15)3-2-4-12(13)17/h2-7,14,18H,1H3. The Balaban J connectivity index is 2.47. The van der Waals surface area contributed by atoms with Gasteiger partial charge in [-0.2, -0.15) is 0 Å². The minimum atomic E-state index is -1.23. The van der Waals surface area contributed by atoms with Gasteiger partial charge < -0.3 is 9.84 Å². The van der Waals surface area contributed by atoms with Crippen LogP contribution < -0.4 is 4.74 Å². The molecule has 0 spiro atoms. The van der Waals surface area contributed by atoms with Gasteiger partial charge in [-0.15, -0.1) is 0 Å². The molecule has 0 radical (unpaired) electrons. The van der Waals surface area contributed by atoms with Crippen molar-refractivity contribution < 1.29 is 14.2 Å². The van der Waals surface area contributed by atoms with Crippen LogP contribution in [0.25, 0.3) is 0 Å². The molecular weight excluding hydrogens is 290 g/mol. The SMILES string of the molecule is COc1ccc(C(O)c2c(F)cccc2Cl)c(Cl)c1. The lowest BCUT2D eigenvalue weighted by atomic mass is 10.0. The molecule has 2 nitrogen and oxygen atoms in total. The maximum absolute atomic E-state index is 13.8. The summed E-state index contributed by atoms with van der Waals surface area (Å²) in [6, 6.07) is 8.99. The van der Waals surface area contributed by atoms with Crippen LogP contribution >= 0.6 is 23.2 Å². The fourth-order valence-electron chi connectivity index (χ4n) is 1.78. The summed E-state index contributed by atoms with van der Waals surface area (Å²) < 4.78 is 18.8. The van der Waals surface area contributed by atoms with Gasteiger partial charge in [-0.3, -0.25) is 0 Å². The van der Waals surface area contributed by atoms with Crippen molar-refractivity contribution in [3.05, 3.63) is 63.4 Å². The van der Waals surface area contributed by atoms with Crippen molar-refractivity contribution in [1.82, 2.24) is 0 Å². The molecule has 19 heavy (non-hydrogen) atoms. The predicted molar refractivity (Wildman–Crippen MR) is 73.5 cm³/mol. The second kappa shape index (κ2) is 5.78. The van der Waals surface area contributed by atoms with Gasteiger partial charge in [0, 0.05) is 16.1 Å². The Hall–Kier alpha value is -1.29. The van der Waals surface area contributed by atoms with Crippen LogP contribution in [0.1, 0.15) is 17.2 Å². The van der Waals surface area contributed by atoms with E-state index in [2.05, 4.69) is 0 Å². The minimum Gasteiger partial charge on any atom is -0.497 e. The Labute approximate surface area is 120 Å². The van der Waals surface area contributed by atoms with E-state index < -0.39 is 11.9 Å². The van der Waals surface area contributed by atoms with E-state index in [9.17, 15) is 9.50 Å². The van der Waals surface area contributed by atoms with E-state index in [0.29, 0.717) is 11.3 Å². The van der Waals surface area contributed by atoms with Crippen molar-refractivity contribution in [3.8, 4) is 5.75 Å². The molecule has 1 unspecified atom stereocenters. The summed E-state index contributed by atoms with van der Waals surface area (Å²) in [6.45, 7) is 0. The zero-order valence-corrected chi connectivity index (χ0v) is 11.5. The van der Waals surface area contributed by atoms with Crippen molar-refractivity contribution in [2.24, 2.45) is 0 Å². The molecule has 0 amide bonds. The Kier molecular flexibility index (Phi) is 4.30. The van der Waals surface area contributed by atoms with Crippen LogP contribution in [0, 0.1) is 5.82 Å². The normalized spacial score (nSPS) is 12.3. The zero-order chi connectivity index (χ0) is 14.0. The number of aliphatic hydroxyl groups excluding tert-OH is 1. The minimum absolute atomic E-state index is 0.0104. The van der Waals surface area contributed by atoms with Crippen molar-refractivity contribution in [1.29, 1.82) is 0 Å². The zero-order valence-electron chi connectivity index (χ0n) is 10.0. The highest BCUT2D eigenvalue weighted by molar-refractivity contribution is 6.32. The molecule has 0 aromatic heterocycles. The average Bonchev–Trinajstić information content (AvgIpc) is 2.38. The number of ether oxygens (including phenoxy) is 1. The molecular formula is C14H11Cl2FO2. The molecule has 0 saturated heterocycles. The van der Waals surface area contributed by atoms with Gasteiger partial charge in [-0.05, 0) is 24.3 Å². The first-order valence-electron chi connectivity index (χ1n) is 5.50. The monoisotopic (exact) mass is 300 g/mol. The van der Waals surface area contributed by atoms with Crippen LogP contribution in [0.5, 0.6) is 5.75 Å². The highest BCUT2D eigenvalue weighted by atomic mass is 35.5. The second-order valence-electron chi connectivity index (χ2n) is 3.93. The average molecular weight is 301 g/mol. The summed E-state index contributed by atoms with van der Waals surface area (Å²) in [5.74, 6) is -0.0209. The molecule has 0 aliphatic heterocycles. The molecule has 0 heterocycles. The van der Waals surface area contributed by atoms with E-state index >= 15 is 0 Å². The van der Waals surface area contributed by atoms with Crippen LogP contribution in [0.4, 0.5) is 4.39 Å². The highest BCUT2D eigenvalue weighted by Gasteiger charge is 2.20. The topological polar surface area (TPSA) is 29.5 Å². The number of rotatable bonds is 3. The van der Waals surface area contributed by atoms with Gasteiger partial charge in [0.2, 0.25) is 0 Å². The van der Waals surface area contributed by atoms with Crippen LogP contribution in [0.2, 0.25) is 10.0 Å². The third kappa shape index (κ3) is 2.84. The lowest BCUT2D eigenvalue weighted by molar-refractivity contribution is 0.215. The molecule has 0 bridgehead atoms. The summed E-state index contributed by atoms with van der Waals surface area (Å²) in [4.78, 5) is 0. The van der Waals surface area contributed by atoms with E-state index in [4.69, 9.17) is 27.9 Å². The number of methoxy groups -OCH3 is 1. The lowest BCUT2D eigenvalue weighted by Gasteiger charge is -2.16. The van der Waals surface area contributed by atoms with Crippen molar-refractivity contribution in [2.45, 2.75) is 6.10 Å². The molecule has 0 aliphatic carbocycles. The first-order chi connectivity index (χ1) is 9.04. The van der Waals surface area contributed by atoms with Crippen molar-refractivity contribution in [2.75, 3.05) is 7.11 Å². The third-order valence-corrected chi connectivity index (χ3v) is 3.43. The summed E-state index contributed by atoms with van der Waals surface area (Å²) in [7, 11) is 1.51. The lowest BCUT2D eigenvalue weighted by Crippen LogP contribution is -2.04. The largest absolute Gasteiger partial charge is 0.497 e. The molecule has 1 atom stereocenters. The van der Waals surface area contributed by atoms with Gasteiger partial charge in [0.15, 0.2) is 0 Å². The van der Waals surface area contributed by atoms with Crippen molar-refractivity contribution >= 4 is 23.2 Å². The van der Waals surface area contributed by atoms with E-state index in [1.807, 2.05) is 0 Å². The second-order valence-corrected chi connectivity index (χ2v) is 4.74. The first kappa shape index (κ1) is 14.1. The molecule has 2 aromatic carbocycles. The Bertz CT molecular complexity index is 582. The number of aliphatic hydroxyl groups is 1. The summed E-state index contributed by atoms with van der Waals surface area (Å²) in [6.07, 6.45) is -1.23. The summed E-state index contributed by atoms with van der Waals surface area (Å²) >= 11 is 12.0. The van der Waals surface area contributed by atoms with Crippen LogP contribution in [-0.2, 0) is 0 Å². The van der Waals surface area contributed by atoms with E-state index in [-0.39, 0.29) is 15.6 Å². The predicted octanol–water partition coefficient (Wildman–Crippen LogP) is 4.22. The van der Waals surface area contributed by atoms with Gasteiger partial charge in [-0.25, -0.2) is 4.39 Å². The molecule has 100 valence electrons. The summed E-state index contributed by atoms with van der Waals surface area (Å²) in [5.41, 5.74) is 0.380. The van der Waals surface area contributed by atoms with E-state index in [0.717, 1.165) is 0 Å². The molecule has 2 aromatic rings. The van der Waals surface area contributed by atoms with E-state index in [1.165, 1.54) is 25.3 Å². The summed E-state index contributed by atoms with van der Waals surface area (Å²) in [5, 5.41) is 10.7. The Morgan fingerprint density at radius 2 is 1.89 bits per heavy atom. The number of hydrogen-bond donors (Lipinski definition) is 1. The molecule has 2 rings (SSSR count). The highest BCUT2D eigenvalue weighted by Crippen LogP contribution is 2.35. The molecule has 5 heteroatoms. The smallest absolute Gasteiger partial charge is 0.130 e. The van der Waals surface area contributed by atoms with Gasteiger partial charge in [0.25, 0.3) is 0 Å². The Morgan fingerprint density at radius 1 is 1.16 bits per heavy atom. The van der Waals surface area contributed by atoms with Crippen molar-refractivity contribution in [3.63, 3.8) is 0 Å². The van der Waals surface area contributed by atoms with Crippen LogP contribution in [0.15, 0.2) is 36.4 Å². The first-order valence-corrected chi connectivity index (χ1v) is 6.25. The fourth-order valence-corrected chi connectivity index (χ4v) is 2.32. The molecule has 0 fully saturated rings. The van der Waals surface area contributed by atoms with Gasteiger partial charge in [0.1, 0.15) is 17.7 Å². The number of benzene rings is 2. The fraction of sp³-hybridized carbons (Fsp3) is 0.143. The molecule has 0 saturated carbocycles. The Morgan fingerprint density at radius 3 is 2.47 bits per heavy atom. The molecule has 0 aliphatic rings. The van der Waals surface area contributed by atoms with Gasteiger partial charge >= 0.3 is 0 Å².